The number of halogens is 1. The quantitative estimate of drug-likeness (QED) is 0.839. The second-order valence-corrected chi connectivity index (χ2v) is 6.39. The Morgan fingerprint density at radius 1 is 1.12 bits per heavy atom. The molecule has 7 heteroatoms. The minimum atomic E-state index is -0.316. The van der Waals surface area contributed by atoms with Gasteiger partial charge in [0.1, 0.15) is 17.1 Å². The highest BCUT2D eigenvalue weighted by Crippen LogP contribution is 2.18. The van der Waals surface area contributed by atoms with Gasteiger partial charge in [0.15, 0.2) is 0 Å². The lowest BCUT2D eigenvalue weighted by Gasteiger charge is -2.34. The van der Waals surface area contributed by atoms with Crippen LogP contribution in [0.2, 0.25) is 0 Å². The van der Waals surface area contributed by atoms with Crippen LogP contribution >= 0.6 is 0 Å². The molecule has 138 valence electrons. The van der Waals surface area contributed by atoms with Crippen molar-refractivity contribution < 1.29 is 18.5 Å². The third kappa shape index (κ3) is 3.76. The number of aromatic nitrogens is 1. The molecule has 0 aliphatic carbocycles. The van der Waals surface area contributed by atoms with Crippen molar-refractivity contribution in [3.63, 3.8) is 0 Å². The summed E-state index contributed by atoms with van der Waals surface area (Å²) in [6, 6.07) is 5.94. The highest BCUT2D eigenvalue weighted by atomic mass is 19.1. The Bertz CT molecular complexity index is 793. The summed E-state index contributed by atoms with van der Waals surface area (Å²) in [4.78, 5) is 28.6. The lowest BCUT2D eigenvalue weighted by Crippen LogP contribution is -2.51. The number of carbonyl (C=O) groups is 2. The number of aryl methyl sites for hydroxylation is 2. The van der Waals surface area contributed by atoms with Gasteiger partial charge < -0.3 is 14.3 Å². The van der Waals surface area contributed by atoms with Crippen LogP contribution in [0.4, 0.5) is 4.39 Å². The van der Waals surface area contributed by atoms with Gasteiger partial charge >= 0.3 is 0 Å². The average Bonchev–Trinajstić information content (AvgIpc) is 3.03. The Morgan fingerprint density at radius 3 is 2.35 bits per heavy atom. The maximum Gasteiger partial charge on any atom is 0.259 e. The molecule has 0 bridgehead atoms. The van der Waals surface area contributed by atoms with E-state index >= 15 is 0 Å². The van der Waals surface area contributed by atoms with E-state index in [1.165, 1.54) is 12.1 Å². The second-order valence-electron chi connectivity index (χ2n) is 6.39. The maximum absolute atomic E-state index is 13.0. The molecule has 0 unspecified atom stereocenters. The Kier molecular flexibility index (Phi) is 5.35. The first-order chi connectivity index (χ1) is 12.5. The number of hydrogen-bond acceptors (Lipinski definition) is 4. The monoisotopic (exact) mass is 359 g/mol. The highest BCUT2D eigenvalue weighted by Gasteiger charge is 2.28. The number of rotatable bonds is 4. The lowest BCUT2D eigenvalue weighted by molar-refractivity contribution is -0.131. The molecule has 1 aliphatic rings. The van der Waals surface area contributed by atoms with E-state index < -0.39 is 0 Å². The number of piperazine rings is 1. The van der Waals surface area contributed by atoms with Gasteiger partial charge in [-0.05, 0) is 31.0 Å². The summed E-state index contributed by atoms with van der Waals surface area (Å²) in [6.45, 7) is 5.58. The second kappa shape index (κ2) is 7.68. The SMILES string of the molecule is CCc1noc(C)c1C(=O)N1CCN(C(=O)Cc2ccc(F)cc2)CC1. The smallest absolute Gasteiger partial charge is 0.259 e. The van der Waals surface area contributed by atoms with Crippen LogP contribution in [0.1, 0.15) is 34.3 Å². The van der Waals surface area contributed by atoms with Crippen LogP contribution in [0.25, 0.3) is 0 Å². The van der Waals surface area contributed by atoms with E-state index in [1.807, 2.05) is 6.92 Å². The number of benzene rings is 1. The average molecular weight is 359 g/mol. The molecule has 0 radical (unpaired) electrons. The van der Waals surface area contributed by atoms with Crippen molar-refractivity contribution >= 4 is 11.8 Å². The summed E-state index contributed by atoms with van der Waals surface area (Å²) >= 11 is 0. The highest BCUT2D eigenvalue weighted by molar-refractivity contribution is 5.96. The molecule has 0 saturated carbocycles. The van der Waals surface area contributed by atoms with Crippen LogP contribution in [0, 0.1) is 12.7 Å². The molecule has 1 fully saturated rings. The van der Waals surface area contributed by atoms with Crippen molar-refractivity contribution in [3.05, 3.63) is 52.7 Å². The van der Waals surface area contributed by atoms with E-state index in [4.69, 9.17) is 4.52 Å². The van der Waals surface area contributed by atoms with Crippen molar-refractivity contribution in [1.29, 1.82) is 0 Å². The topological polar surface area (TPSA) is 66.7 Å². The minimum Gasteiger partial charge on any atom is -0.361 e. The fourth-order valence-corrected chi connectivity index (χ4v) is 3.14. The van der Waals surface area contributed by atoms with E-state index in [1.54, 1.807) is 28.9 Å². The van der Waals surface area contributed by atoms with Crippen LogP contribution in [0.15, 0.2) is 28.8 Å². The summed E-state index contributed by atoms with van der Waals surface area (Å²) in [5.41, 5.74) is 1.99. The molecule has 1 saturated heterocycles. The van der Waals surface area contributed by atoms with Crippen LogP contribution < -0.4 is 0 Å². The normalized spacial score (nSPS) is 14.6. The van der Waals surface area contributed by atoms with Gasteiger partial charge in [-0.1, -0.05) is 24.2 Å². The Labute approximate surface area is 151 Å². The van der Waals surface area contributed by atoms with Crippen molar-refractivity contribution in [2.24, 2.45) is 0 Å². The van der Waals surface area contributed by atoms with Gasteiger partial charge in [-0.2, -0.15) is 0 Å². The number of nitrogens with zero attached hydrogens (tertiary/aromatic N) is 3. The lowest BCUT2D eigenvalue weighted by atomic mass is 10.1. The van der Waals surface area contributed by atoms with E-state index in [0.29, 0.717) is 49.6 Å². The van der Waals surface area contributed by atoms with E-state index in [9.17, 15) is 14.0 Å². The Hall–Kier alpha value is -2.70. The molecule has 0 spiro atoms. The van der Waals surface area contributed by atoms with Gasteiger partial charge in [0.05, 0.1) is 12.1 Å². The first-order valence-electron chi connectivity index (χ1n) is 8.76. The molecule has 1 aromatic heterocycles. The van der Waals surface area contributed by atoms with Gasteiger partial charge in [0, 0.05) is 26.2 Å². The van der Waals surface area contributed by atoms with E-state index in [-0.39, 0.29) is 24.1 Å². The third-order valence-corrected chi connectivity index (χ3v) is 4.67. The van der Waals surface area contributed by atoms with E-state index in [2.05, 4.69) is 5.16 Å². The van der Waals surface area contributed by atoms with Crippen LogP contribution in [0.5, 0.6) is 0 Å². The van der Waals surface area contributed by atoms with Crippen LogP contribution in [-0.4, -0.2) is 52.9 Å². The molecule has 6 nitrogen and oxygen atoms in total. The number of carbonyl (C=O) groups excluding carboxylic acids is 2. The molecule has 0 N–H and O–H groups in total. The van der Waals surface area contributed by atoms with Gasteiger partial charge in [-0.15, -0.1) is 0 Å². The molecule has 26 heavy (non-hydrogen) atoms. The molecule has 2 aromatic rings. The predicted molar refractivity (Wildman–Crippen MR) is 93.2 cm³/mol. The summed E-state index contributed by atoms with van der Waals surface area (Å²) in [6.07, 6.45) is 0.869. The summed E-state index contributed by atoms with van der Waals surface area (Å²) < 4.78 is 18.1. The van der Waals surface area contributed by atoms with Crippen molar-refractivity contribution in [2.75, 3.05) is 26.2 Å². The summed E-state index contributed by atoms with van der Waals surface area (Å²) in [7, 11) is 0. The zero-order chi connectivity index (χ0) is 18.7. The predicted octanol–water partition coefficient (Wildman–Crippen LogP) is 2.21. The zero-order valence-electron chi connectivity index (χ0n) is 15.0. The van der Waals surface area contributed by atoms with Crippen molar-refractivity contribution in [1.82, 2.24) is 15.0 Å². The van der Waals surface area contributed by atoms with Crippen LogP contribution in [0.3, 0.4) is 0 Å². The van der Waals surface area contributed by atoms with Gasteiger partial charge in [-0.3, -0.25) is 9.59 Å². The third-order valence-electron chi connectivity index (χ3n) is 4.67. The Morgan fingerprint density at radius 2 is 1.73 bits per heavy atom. The van der Waals surface area contributed by atoms with Gasteiger partial charge in [0.2, 0.25) is 5.91 Å². The fraction of sp³-hybridized carbons (Fsp3) is 0.421. The van der Waals surface area contributed by atoms with Crippen molar-refractivity contribution in [2.45, 2.75) is 26.7 Å². The summed E-state index contributed by atoms with van der Waals surface area (Å²) in [5, 5.41) is 3.93. The van der Waals surface area contributed by atoms with Gasteiger partial charge in [0.25, 0.3) is 5.91 Å². The Balaban J connectivity index is 1.58. The first kappa shape index (κ1) is 18.1. The molecular formula is C19H22FN3O3. The molecule has 0 atom stereocenters. The molecule has 1 aromatic carbocycles. The number of hydrogen-bond donors (Lipinski definition) is 0. The first-order valence-corrected chi connectivity index (χ1v) is 8.76. The zero-order valence-corrected chi connectivity index (χ0v) is 15.0. The minimum absolute atomic E-state index is 0.0147. The molecule has 3 rings (SSSR count). The standard InChI is InChI=1S/C19H22FN3O3/c1-3-16-18(13(2)26-21-16)19(25)23-10-8-22(9-11-23)17(24)12-14-4-6-15(20)7-5-14/h4-7H,3,8-12H2,1-2H3. The summed E-state index contributed by atoms with van der Waals surface area (Å²) in [5.74, 6) is 0.107. The molecule has 2 amide bonds. The maximum atomic E-state index is 13.0. The molecule has 2 heterocycles. The van der Waals surface area contributed by atoms with Gasteiger partial charge in [-0.25, -0.2) is 4.39 Å². The largest absolute Gasteiger partial charge is 0.361 e. The molecule has 1 aliphatic heterocycles. The van der Waals surface area contributed by atoms with Crippen molar-refractivity contribution in [3.8, 4) is 0 Å². The van der Waals surface area contributed by atoms with E-state index in [0.717, 1.165) is 5.56 Å². The number of amides is 2. The fourth-order valence-electron chi connectivity index (χ4n) is 3.14. The molecular weight excluding hydrogens is 337 g/mol. The van der Waals surface area contributed by atoms with Crippen LogP contribution in [-0.2, 0) is 17.6 Å².